The van der Waals surface area contributed by atoms with E-state index >= 15 is 0 Å². The number of carbonyl (C=O) groups excluding carboxylic acids is 4. The highest BCUT2D eigenvalue weighted by Gasteiger charge is 2.43. The summed E-state index contributed by atoms with van der Waals surface area (Å²) >= 11 is 0. The third-order valence-electron chi connectivity index (χ3n) is 8.87. The second-order valence-electron chi connectivity index (χ2n) is 14.1. The smallest absolute Gasteiger partial charge is 0.481 e. The van der Waals surface area contributed by atoms with E-state index in [0.29, 0.717) is 12.2 Å². The molecule has 9 unspecified atom stereocenters. The Morgan fingerprint density at radius 2 is 1.69 bits per heavy atom. The van der Waals surface area contributed by atoms with E-state index in [1.165, 1.54) is 47.7 Å². The number of H-pyrrole nitrogens is 1. The summed E-state index contributed by atoms with van der Waals surface area (Å²) in [5.74, 6) is -5.69. The molecule has 0 radical (unpaired) electrons. The van der Waals surface area contributed by atoms with Gasteiger partial charge in [0.2, 0.25) is 11.8 Å². The fourth-order valence-electron chi connectivity index (χ4n) is 6.11. The molecule has 0 saturated carbocycles. The van der Waals surface area contributed by atoms with E-state index in [-0.39, 0.29) is 47.3 Å². The van der Waals surface area contributed by atoms with E-state index in [0.717, 1.165) is 4.57 Å². The Morgan fingerprint density at radius 3 is 2.28 bits per heavy atom. The highest BCUT2D eigenvalue weighted by atomic mass is 33.1. The average Bonchev–Trinajstić information content (AvgIpc) is 3.71. The lowest BCUT2D eigenvalue weighted by molar-refractivity contribution is -0.144. The molecule has 27 nitrogen and oxygen atoms in total. The quantitative estimate of drug-likeness (QED) is 0.0361. The number of anilines is 1. The number of aliphatic hydroxyl groups is 1. The molecule has 2 aromatic rings. The van der Waals surface area contributed by atoms with Gasteiger partial charge in [-0.3, -0.25) is 28.5 Å². The second-order valence-corrected chi connectivity index (χ2v) is 21.1. The molecule has 9 atom stereocenters. The molecular formula is C32H48N5O22P3S2. The molecule has 32 heteroatoms. The van der Waals surface area contributed by atoms with Crippen LogP contribution in [0.3, 0.4) is 0 Å². The average molecular weight is 1010 g/mol. The van der Waals surface area contributed by atoms with Gasteiger partial charge in [-0.25, -0.2) is 27.9 Å². The van der Waals surface area contributed by atoms with Gasteiger partial charge in [0.15, 0.2) is 5.78 Å². The monoisotopic (exact) mass is 1010 g/mol. The van der Waals surface area contributed by atoms with Crippen molar-refractivity contribution in [1.29, 1.82) is 0 Å². The summed E-state index contributed by atoms with van der Waals surface area (Å²) in [4.78, 5) is 126. The number of hydrogen-bond donors (Lipinski definition) is 11. The number of nitrogens with two attached hydrogens (primary N) is 1. The van der Waals surface area contributed by atoms with Gasteiger partial charge in [0, 0.05) is 48.4 Å². The highest BCUT2D eigenvalue weighted by Crippen LogP contribution is 2.66. The molecule has 12 N–H and O–H groups in total. The molecule has 2 aromatic heterocycles. The lowest BCUT2D eigenvalue weighted by Crippen LogP contribution is -2.46. The molecule has 3 heterocycles. The summed E-state index contributed by atoms with van der Waals surface area (Å²) in [7, 11) is -14.4. The topological polar surface area (TPSA) is 429 Å². The molecule has 1 aliphatic rings. The molecule has 3 rings (SSSR count). The van der Waals surface area contributed by atoms with Crippen LogP contribution in [0.4, 0.5) is 10.6 Å². The molecule has 1 saturated heterocycles. The number of aromatic nitrogens is 2. The van der Waals surface area contributed by atoms with Crippen molar-refractivity contribution in [3.05, 3.63) is 28.2 Å². The van der Waals surface area contributed by atoms with Crippen LogP contribution in [0, 0.1) is 5.92 Å². The molecule has 64 heavy (non-hydrogen) atoms. The molecule has 1 fully saturated rings. The number of ketones is 1. The standard InChI is InChI=1S/C32H48N5O22P3S2/c1-4-20(31(45)46)35-29(43)17(9-27(41)42)8-22(39)21(34-16(3)38)6-5-7-63-64-14-15(2)56-32(47)37-12-19(18-10-26(33)36-30(44)28(18)37)24-11-23(40)25(57-24)13-55-61(51,52)59-62(53,54)58-60(48,49)50/h10,12,15,17,20-21,23-25,40H,4-9,11,13-14H2,1-3H3,(H,34,38)(H,35,43)(H,41,42)(H,45,46)(H,51,52)(H,53,54)(H3,33,36,44)(H2,48,49,50). The summed E-state index contributed by atoms with van der Waals surface area (Å²) in [6.45, 7) is 3.27. The van der Waals surface area contributed by atoms with Crippen molar-refractivity contribution in [3.8, 4) is 0 Å². The third-order valence-corrected chi connectivity index (χ3v) is 15.3. The Kier molecular flexibility index (Phi) is 20.2. The predicted octanol–water partition coefficient (Wildman–Crippen LogP) is 1.52. The second kappa shape index (κ2) is 23.7. The number of nitrogens with one attached hydrogen (secondary N) is 3. The van der Waals surface area contributed by atoms with Crippen LogP contribution < -0.4 is 21.9 Å². The SMILES string of the molecule is CCC(NC(=O)C(CC(=O)O)CC(=O)C(CCCSSCC(C)OC(=O)n1cc(C2CC(O)C(COP(=O)(O)OP(=O)(O)OP(=O)(O)O)O2)c2cc(N)[nH]c(=O)c21)NC(C)=O)C(=O)O. The predicted molar refractivity (Wildman–Crippen MR) is 223 cm³/mol. The lowest BCUT2D eigenvalue weighted by Gasteiger charge is -2.21. The molecule has 2 amide bonds. The summed E-state index contributed by atoms with van der Waals surface area (Å²) in [6.07, 6.45) is -5.64. The minimum Gasteiger partial charge on any atom is -0.481 e. The van der Waals surface area contributed by atoms with Crippen molar-refractivity contribution in [3.63, 3.8) is 0 Å². The zero-order valence-corrected chi connectivity index (χ0v) is 38.3. The Morgan fingerprint density at radius 1 is 1.02 bits per heavy atom. The number of aliphatic carboxylic acids is 2. The molecule has 0 aliphatic carbocycles. The van der Waals surface area contributed by atoms with E-state index in [1.807, 2.05) is 0 Å². The molecule has 0 spiro atoms. The number of carboxylic acids is 2. The number of amides is 2. The largest absolute Gasteiger partial charge is 0.490 e. The zero-order chi connectivity index (χ0) is 48.3. The van der Waals surface area contributed by atoms with Crippen LogP contribution >= 0.6 is 45.1 Å². The normalized spacial score (nSPS) is 20.3. The summed E-state index contributed by atoms with van der Waals surface area (Å²) < 4.78 is 58.8. The maximum Gasteiger partial charge on any atom is 0.490 e. The number of rotatable bonds is 26. The molecule has 1 aliphatic heterocycles. The van der Waals surface area contributed by atoms with Crippen molar-refractivity contribution in [1.82, 2.24) is 20.2 Å². The number of phosphoric acid groups is 3. The van der Waals surface area contributed by atoms with Gasteiger partial charge in [-0.2, -0.15) is 8.62 Å². The number of fused-ring (bicyclic) bond motifs is 1. The van der Waals surface area contributed by atoms with Crippen LogP contribution in [-0.2, 0) is 60.3 Å². The number of aromatic amines is 1. The molecule has 0 aromatic carbocycles. The number of Topliss-reactive ketones (excluding diaryl/α,β-unsaturated/α-hetero) is 1. The first-order chi connectivity index (χ1) is 29.6. The van der Waals surface area contributed by atoms with Gasteiger partial charge >= 0.3 is 41.5 Å². The number of carboxylic acid groups (broad SMARTS) is 2. The van der Waals surface area contributed by atoms with E-state index in [4.69, 9.17) is 25.0 Å². The van der Waals surface area contributed by atoms with Crippen molar-refractivity contribution < 1.29 is 100.0 Å². The molecule has 0 bridgehead atoms. The van der Waals surface area contributed by atoms with Crippen LogP contribution in [0.1, 0.15) is 71.0 Å². The number of aliphatic hydroxyl groups excluding tert-OH is 1. The van der Waals surface area contributed by atoms with Crippen LogP contribution in [0.5, 0.6) is 0 Å². The van der Waals surface area contributed by atoms with Gasteiger partial charge in [-0.1, -0.05) is 28.5 Å². The molecular weight excluding hydrogens is 963 g/mol. The minimum absolute atomic E-state index is 0.0146. The molecule has 360 valence electrons. The number of ether oxygens (including phenoxy) is 2. The van der Waals surface area contributed by atoms with Crippen LogP contribution in [0.2, 0.25) is 0 Å². The van der Waals surface area contributed by atoms with E-state index < -0.39 is 127 Å². The van der Waals surface area contributed by atoms with Gasteiger partial charge in [-0.05, 0) is 32.3 Å². The maximum absolute atomic E-state index is 13.4. The Hall–Kier alpha value is -3.66. The van der Waals surface area contributed by atoms with Crippen LogP contribution in [-0.4, -0.2) is 129 Å². The van der Waals surface area contributed by atoms with Gasteiger partial charge < -0.3 is 65.7 Å². The Balaban J connectivity index is 1.59. The maximum atomic E-state index is 13.4. The fraction of sp³-hybridized carbons (Fsp3) is 0.594. The number of phosphoric ester groups is 1. The van der Waals surface area contributed by atoms with Gasteiger partial charge in [0.1, 0.15) is 29.6 Å². The number of pyridine rings is 1. The minimum atomic E-state index is -5.82. The van der Waals surface area contributed by atoms with Crippen molar-refractivity contribution >= 4 is 97.4 Å². The number of hydrogen-bond acceptors (Lipinski definition) is 19. The number of nitrogens with zero attached hydrogens (tertiary/aromatic N) is 1. The number of carbonyl (C=O) groups is 6. The van der Waals surface area contributed by atoms with Crippen LogP contribution in [0.25, 0.3) is 10.9 Å². The summed E-state index contributed by atoms with van der Waals surface area (Å²) in [5.41, 5.74) is 4.97. The van der Waals surface area contributed by atoms with E-state index in [9.17, 15) is 72.4 Å². The van der Waals surface area contributed by atoms with Crippen molar-refractivity contribution in [2.24, 2.45) is 5.92 Å². The summed E-state index contributed by atoms with van der Waals surface area (Å²) in [5, 5.41) is 34.0. The van der Waals surface area contributed by atoms with Gasteiger partial charge in [-0.15, -0.1) is 0 Å². The fourth-order valence-corrected chi connectivity index (χ4v) is 11.5. The van der Waals surface area contributed by atoms with Crippen molar-refractivity contribution in [2.45, 2.75) is 95.8 Å². The zero-order valence-electron chi connectivity index (χ0n) is 34.0. The lowest BCUT2D eigenvalue weighted by atomic mass is 9.92. The van der Waals surface area contributed by atoms with Crippen molar-refractivity contribution in [2.75, 3.05) is 23.8 Å². The summed E-state index contributed by atoms with van der Waals surface area (Å²) in [6, 6.07) is -1.05. The van der Waals surface area contributed by atoms with E-state index in [1.54, 1.807) is 6.92 Å². The van der Waals surface area contributed by atoms with E-state index in [2.05, 4.69) is 28.8 Å². The highest BCUT2D eigenvalue weighted by molar-refractivity contribution is 8.76. The Labute approximate surface area is 370 Å². The van der Waals surface area contributed by atoms with Gasteiger partial charge in [0.05, 0.1) is 37.2 Å². The first-order valence-electron chi connectivity index (χ1n) is 18.8. The van der Waals surface area contributed by atoms with Crippen LogP contribution in [0.15, 0.2) is 17.1 Å². The number of nitrogen functional groups attached to an aromatic ring is 1. The first kappa shape index (κ1) is 54.7. The Bertz CT molecular complexity index is 2250. The third kappa shape index (κ3) is 17.3. The first-order valence-corrected chi connectivity index (χ1v) is 25.8. The van der Waals surface area contributed by atoms with Gasteiger partial charge in [0.25, 0.3) is 5.56 Å².